The average Bonchev–Trinajstić information content (AvgIpc) is 2.97. The highest BCUT2D eigenvalue weighted by molar-refractivity contribution is 7.98. The molecule has 3 aromatic carbocycles. The van der Waals surface area contributed by atoms with Gasteiger partial charge in [0.2, 0.25) is 0 Å². The molecule has 42 heavy (non-hydrogen) atoms. The monoisotopic (exact) mass is 600 g/mol. The second-order valence-electron chi connectivity index (χ2n) is 10.3. The van der Waals surface area contributed by atoms with Gasteiger partial charge in [-0.25, -0.2) is 0 Å². The number of benzene rings is 3. The lowest BCUT2D eigenvalue weighted by Crippen LogP contribution is -2.39. The van der Waals surface area contributed by atoms with Gasteiger partial charge in [-0.15, -0.1) is 11.8 Å². The van der Waals surface area contributed by atoms with Crippen LogP contribution >= 0.6 is 23.4 Å². The van der Waals surface area contributed by atoms with E-state index in [0.717, 1.165) is 27.1 Å². The van der Waals surface area contributed by atoms with E-state index < -0.39 is 10.8 Å². The van der Waals surface area contributed by atoms with E-state index in [-0.39, 0.29) is 28.6 Å². The van der Waals surface area contributed by atoms with Crippen LogP contribution in [0.25, 0.3) is 0 Å². The van der Waals surface area contributed by atoms with Crippen molar-refractivity contribution in [3.8, 4) is 11.8 Å². The number of thioether (sulfide) groups is 1. The van der Waals surface area contributed by atoms with Crippen LogP contribution < -0.4 is 15.4 Å². The fourth-order valence-corrected chi connectivity index (χ4v) is 6.82. The summed E-state index contributed by atoms with van der Waals surface area (Å²) in [5.41, 5.74) is 11.8. The molecular weight excluding hydrogens is 572 g/mol. The van der Waals surface area contributed by atoms with Gasteiger partial charge >= 0.3 is 0 Å². The Hall–Kier alpha value is -4.26. The van der Waals surface area contributed by atoms with Crippen molar-refractivity contribution in [1.82, 2.24) is 0 Å². The number of carbonyl (C=O) groups is 1. The summed E-state index contributed by atoms with van der Waals surface area (Å²) in [6, 6.07) is 18.5. The highest BCUT2D eigenvalue weighted by Crippen LogP contribution is 2.49. The third-order valence-corrected chi connectivity index (χ3v) is 9.07. The Labute approximate surface area is 253 Å². The molecule has 0 spiro atoms. The fraction of sp³-hybridized carbons (Fsp3) is 0.250. The van der Waals surface area contributed by atoms with Crippen LogP contribution in [0, 0.1) is 35.3 Å². The number of hydrogen-bond acceptors (Lipinski definition) is 8. The molecule has 3 aromatic rings. The molecule has 1 unspecified atom stereocenters. The van der Waals surface area contributed by atoms with Gasteiger partial charge in [-0.3, -0.25) is 19.8 Å². The molecule has 0 bridgehead atoms. The van der Waals surface area contributed by atoms with Gasteiger partial charge in [0.1, 0.15) is 17.3 Å². The molecule has 2 aliphatic rings. The number of halogens is 1. The molecule has 0 amide bonds. The molecule has 0 saturated heterocycles. The number of anilines is 1. The first-order valence-electron chi connectivity index (χ1n) is 13.4. The lowest BCUT2D eigenvalue weighted by Gasteiger charge is -2.40. The fourth-order valence-electron chi connectivity index (χ4n) is 5.74. The maximum absolute atomic E-state index is 13.7. The number of nitrogens with zero attached hydrogens (tertiary/aromatic N) is 3. The Morgan fingerprint density at radius 2 is 1.90 bits per heavy atom. The summed E-state index contributed by atoms with van der Waals surface area (Å²) in [6.45, 7) is 4.00. The Balaban J connectivity index is 1.66. The second-order valence-corrected chi connectivity index (χ2v) is 11.8. The molecule has 214 valence electrons. The molecule has 0 fully saturated rings. The van der Waals surface area contributed by atoms with Crippen molar-refractivity contribution in [3.63, 3.8) is 0 Å². The number of ether oxygens (including phenoxy) is 1. The molecule has 1 aliphatic heterocycles. The third kappa shape index (κ3) is 5.36. The van der Waals surface area contributed by atoms with Gasteiger partial charge in [0.25, 0.3) is 5.69 Å². The van der Waals surface area contributed by atoms with Gasteiger partial charge in [-0.05, 0) is 79.8 Å². The SMILES string of the molecule is COc1ccc(N2C(N)=C(C#N)C(c3cc(C)cc(CSc4ccc(Cl)cc4)c3C)C3=C2CCCC3=O)c([N+](=O)[O-])c1. The van der Waals surface area contributed by atoms with Gasteiger partial charge < -0.3 is 10.5 Å². The number of allylic oxidation sites excluding steroid dienone is 3. The molecular formula is C32H29ClN4O4S. The van der Waals surface area contributed by atoms with E-state index in [1.165, 1.54) is 18.1 Å². The summed E-state index contributed by atoms with van der Waals surface area (Å²) in [7, 11) is 1.43. The number of nitro groups is 1. The molecule has 0 aromatic heterocycles. The zero-order valence-corrected chi connectivity index (χ0v) is 25.0. The smallest absolute Gasteiger partial charge is 0.296 e. The number of nitrogens with two attached hydrogens (primary N) is 1. The number of nitro benzene ring substituents is 1. The predicted octanol–water partition coefficient (Wildman–Crippen LogP) is 7.47. The van der Waals surface area contributed by atoms with Gasteiger partial charge in [-0.2, -0.15) is 5.26 Å². The summed E-state index contributed by atoms with van der Waals surface area (Å²) in [5.74, 6) is 0.324. The second kappa shape index (κ2) is 11.9. The minimum absolute atomic E-state index is 0.0827. The van der Waals surface area contributed by atoms with Gasteiger partial charge in [0, 0.05) is 33.4 Å². The number of methoxy groups -OCH3 is 1. The van der Waals surface area contributed by atoms with Crippen LogP contribution in [0.4, 0.5) is 11.4 Å². The van der Waals surface area contributed by atoms with Gasteiger partial charge in [0.05, 0.1) is 35.7 Å². The first-order chi connectivity index (χ1) is 20.1. The molecule has 5 rings (SSSR count). The summed E-state index contributed by atoms with van der Waals surface area (Å²) in [4.78, 5) is 27.9. The van der Waals surface area contributed by atoms with E-state index in [9.17, 15) is 20.2 Å². The van der Waals surface area contributed by atoms with E-state index in [0.29, 0.717) is 47.1 Å². The van der Waals surface area contributed by atoms with Crippen LogP contribution in [-0.4, -0.2) is 17.8 Å². The Morgan fingerprint density at radius 3 is 2.57 bits per heavy atom. The number of rotatable bonds is 7. The minimum Gasteiger partial charge on any atom is -0.496 e. The highest BCUT2D eigenvalue weighted by atomic mass is 35.5. The molecule has 0 radical (unpaired) electrons. The quantitative estimate of drug-likeness (QED) is 0.168. The first kappa shape index (κ1) is 29.2. The maximum Gasteiger partial charge on any atom is 0.296 e. The van der Waals surface area contributed by atoms with Crippen molar-refractivity contribution in [2.24, 2.45) is 5.73 Å². The molecule has 0 saturated carbocycles. The lowest BCUT2D eigenvalue weighted by molar-refractivity contribution is -0.384. The maximum atomic E-state index is 13.7. The van der Waals surface area contributed by atoms with Crippen molar-refractivity contribution < 1.29 is 14.5 Å². The molecule has 8 nitrogen and oxygen atoms in total. The largest absolute Gasteiger partial charge is 0.496 e. The van der Waals surface area contributed by atoms with Crippen LogP contribution in [0.2, 0.25) is 5.02 Å². The highest BCUT2D eigenvalue weighted by Gasteiger charge is 2.42. The number of ketones is 1. The molecule has 1 aliphatic carbocycles. The Bertz CT molecular complexity index is 1710. The standard InChI is InChI=1S/C32H29ClN4O4S/c1-18-13-20(17-42-23-10-7-21(33)8-11-23)19(2)24(14-18)30-25(16-34)32(35)36(27-5-4-6-29(38)31(27)30)26-12-9-22(41-3)15-28(26)37(39)40/h7-15,30H,4-6,17,35H2,1-3H3. The van der Waals surface area contributed by atoms with Crippen molar-refractivity contribution in [2.75, 3.05) is 12.0 Å². The van der Waals surface area contributed by atoms with Gasteiger partial charge in [-0.1, -0.05) is 29.3 Å². The van der Waals surface area contributed by atoms with E-state index in [1.807, 2.05) is 44.2 Å². The van der Waals surface area contributed by atoms with Crippen LogP contribution in [0.5, 0.6) is 5.75 Å². The zero-order chi connectivity index (χ0) is 30.1. The molecule has 2 N–H and O–H groups in total. The van der Waals surface area contributed by atoms with E-state index in [2.05, 4.69) is 12.1 Å². The van der Waals surface area contributed by atoms with Crippen molar-refractivity contribution in [1.29, 1.82) is 5.26 Å². The Kier molecular flexibility index (Phi) is 8.30. The lowest BCUT2D eigenvalue weighted by atomic mass is 9.73. The van der Waals surface area contributed by atoms with E-state index in [1.54, 1.807) is 23.9 Å². The topological polar surface area (TPSA) is 122 Å². The van der Waals surface area contributed by atoms with Crippen molar-refractivity contribution in [3.05, 3.63) is 115 Å². The van der Waals surface area contributed by atoms with Crippen LogP contribution in [0.3, 0.4) is 0 Å². The van der Waals surface area contributed by atoms with Crippen LogP contribution in [0.15, 0.2) is 82.2 Å². The Morgan fingerprint density at radius 1 is 1.17 bits per heavy atom. The van der Waals surface area contributed by atoms with Crippen molar-refractivity contribution in [2.45, 2.75) is 49.7 Å². The summed E-state index contributed by atoms with van der Waals surface area (Å²) >= 11 is 7.73. The third-order valence-electron chi connectivity index (χ3n) is 7.75. The van der Waals surface area contributed by atoms with Crippen molar-refractivity contribution >= 4 is 40.5 Å². The van der Waals surface area contributed by atoms with Crippen LogP contribution in [-0.2, 0) is 10.5 Å². The minimum atomic E-state index is -0.675. The zero-order valence-electron chi connectivity index (χ0n) is 23.4. The summed E-state index contributed by atoms with van der Waals surface area (Å²) < 4.78 is 5.21. The number of aryl methyl sites for hydroxylation is 1. The number of hydrogen-bond donors (Lipinski definition) is 1. The average molecular weight is 601 g/mol. The molecule has 1 atom stereocenters. The number of carbonyl (C=O) groups excluding carboxylic acids is 1. The molecule has 1 heterocycles. The summed E-state index contributed by atoms with van der Waals surface area (Å²) in [5, 5.41) is 23.3. The normalized spacial score (nSPS) is 16.8. The van der Waals surface area contributed by atoms with E-state index in [4.69, 9.17) is 22.1 Å². The molecule has 10 heteroatoms. The van der Waals surface area contributed by atoms with E-state index >= 15 is 0 Å². The first-order valence-corrected chi connectivity index (χ1v) is 14.8. The van der Waals surface area contributed by atoms with Gasteiger partial charge in [0.15, 0.2) is 5.78 Å². The van der Waals surface area contributed by atoms with Crippen LogP contribution in [0.1, 0.15) is 47.4 Å². The number of Topliss-reactive ketones (excluding diaryl/α,β-unsaturated/α-hetero) is 1. The number of nitriles is 1. The summed E-state index contributed by atoms with van der Waals surface area (Å²) in [6.07, 6.45) is 1.40. The predicted molar refractivity (Wildman–Crippen MR) is 165 cm³/mol.